The first-order valence-electron chi connectivity index (χ1n) is 6.92. The second kappa shape index (κ2) is 6.49. The fourth-order valence-electron chi connectivity index (χ4n) is 1.87. The van der Waals surface area contributed by atoms with E-state index in [1.807, 2.05) is 12.1 Å². The third kappa shape index (κ3) is 3.32. The highest BCUT2D eigenvalue weighted by molar-refractivity contribution is 7.11. The Labute approximate surface area is 135 Å². The number of aromatic hydroxyl groups is 1. The summed E-state index contributed by atoms with van der Waals surface area (Å²) in [6.45, 7) is 1.73. The number of hydrogen-bond donors (Lipinski definition) is 2. The van der Waals surface area contributed by atoms with Gasteiger partial charge in [-0.15, -0.1) is 10.2 Å². The molecule has 0 aliphatic carbocycles. The zero-order valence-electron chi connectivity index (χ0n) is 12.2. The fraction of sp³-hybridized carbons (Fsp3) is 0.133. The van der Waals surface area contributed by atoms with Gasteiger partial charge in [-0.05, 0) is 41.9 Å². The Morgan fingerprint density at radius 1 is 1.35 bits per heavy atom. The molecule has 3 aromatic rings. The second-order valence-corrected chi connectivity index (χ2v) is 5.42. The molecular formula is C15H13N5O2S. The van der Waals surface area contributed by atoms with E-state index in [2.05, 4.69) is 24.9 Å². The molecule has 0 fully saturated rings. The van der Waals surface area contributed by atoms with E-state index in [0.29, 0.717) is 28.4 Å². The van der Waals surface area contributed by atoms with Crippen LogP contribution in [0, 0.1) is 0 Å². The third-order valence-electron chi connectivity index (χ3n) is 3.07. The number of carbonyl (C=O) groups excluding carboxylic acids is 1. The zero-order valence-corrected chi connectivity index (χ0v) is 13.0. The molecule has 1 amide bonds. The van der Waals surface area contributed by atoms with Gasteiger partial charge in [0.25, 0.3) is 0 Å². The quantitative estimate of drug-likeness (QED) is 0.555. The number of aromatic nitrogens is 2. The lowest BCUT2D eigenvalue weighted by molar-refractivity contribution is -0.115. The molecule has 0 spiro atoms. The lowest BCUT2D eigenvalue weighted by Crippen LogP contribution is -2.09. The van der Waals surface area contributed by atoms with Crippen molar-refractivity contribution < 1.29 is 9.90 Å². The molecule has 23 heavy (non-hydrogen) atoms. The number of amides is 1. The van der Waals surface area contributed by atoms with E-state index in [-0.39, 0.29) is 11.7 Å². The molecule has 0 aliphatic rings. The van der Waals surface area contributed by atoms with E-state index < -0.39 is 0 Å². The van der Waals surface area contributed by atoms with Gasteiger partial charge in [0, 0.05) is 12.6 Å². The smallest absolute Gasteiger partial charge is 0.224 e. The van der Waals surface area contributed by atoms with Gasteiger partial charge in [0.2, 0.25) is 5.91 Å². The number of pyridine rings is 1. The highest BCUT2D eigenvalue weighted by atomic mass is 32.1. The highest BCUT2D eigenvalue weighted by Crippen LogP contribution is 2.32. The summed E-state index contributed by atoms with van der Waals surface area (Å²) in [5, 5.41) is 22.2. The number of rotatable bonds is 4. The van der Waals surface area contributed by atoms with Crippen LogP contribution in [-0.4, -0.2) is 20.4 Å². The molecule has 0 atom stereocenters. The van der Waals surface area contributed by atoms with E-state index in [0.717, 1.165) is 5.39 Å². The first-order valence-corrected chi connectivity index (χ1v) is 7.69. The molecule has 0 saturated carbocycles. The minimum Gasteiger partial charge on any atom is -0.506 e. The summed E-state index contributed by atoms with van der Waals surface area (Å²) < 4.78 is 4.19. The number of nitrogens with one attached hydrogen (secondary N) is 1. The van der Waals surface area contributed by atoms with Crippen LogP contribution in [0.1, 0.15) is 13.3 Å². The van der Waals surface area contributed by atoms with Crippen molar-refractivity contribution in [2.24, 2.45) is 10.2 Å². The van der Waals surface area contributed by atoms with Gasteiger partial charge in [0.1, 0.15) is 5.75 Å². The monoisotopic (exact) mass is 327 g/mol. The molecule has 2 N–H and O–H groups in total. The molecule has 0 bridgehead atoms. The van der Waals surface area contributed by atoms with Gasteiger partial charge in [-0.2, -0.15) is 4.37 Å². The number of azo groups is 1. The first kappa shape index (κ1) is 15.0. The van der Waals surface area contributed by atoms with Crippen molar-refractivity contribution in [3.05, 3.63) is 36.5 Å². The van der Waals surface area contributed by atoms with E-state index in [1.54, 1.807) is 25.3 Å². The van der Waals surface area contributed by atoms with Crippen molar-refractivity contribution in [1.82, 2.24) is 9.36 Å². The maximum absolute atomic E-state index is 11.4. The summed E-state index contributed by atoms with van der Waals surface area (Å²) in [5.74, 6) is -0.202. The summed E-state index contributed by atoms with van der Waals surface area (Å²) in [7, 11) is 0. The molecular weight excluding hydrogens is 314 g/mol. The van der Waals surface area contributed by atoms with Crippen molar-refractivity contribution >= 4 is 44.8 Å². The van der Waals surface area contributed by atoms with E-state index in [1.165, 1.54) is 17.6 Å². The molecule has 7 nitrogen and oxygen atoms in total. The highest BCUT2D eigenvalue weighted by Gasteiger charge is 2.07. The van der Waals surface area contributed by atoms with Crippen molar-refractivity contribution in [2.75, 3.05) is 5.32 Å². The maximum Gasteiger partial charge on any atom is 0.224 e. The number of phenols is 1. The maximum atomic E-state index is 11.4. The van der Waals surface area contributed by atoms with Crippen molar-refractivity contribution in [3.63, 3.8) is 0 Å². The van der Waals surface area contributed by atoms with Crippen LogP contribution in [0.15, 0.2) is 46.8 Å². The van der Waals surface area contributed by atoms with Crippen molar-refractivity contribution in [1.29, 1.82) is 0 Å². The molecule has 0 radical (unpaired) electrons. The summed E-state index contributed by atoms with van der Waals surface area (Å²) in [4.78, 5) is 15.6. The van der Waals surface area contributed by atoms with Gasteiger partial charge < -0.3 is 10.4 Å². The molecule has 2 heterocycles. The predicted molar refractivity (Wildman–Crippen MR) is 88.6 cm³/mol. The minimum atomic E-state index is -0.186. The SMILES string of the molecule is CCC(=O)Nc1cc(N=Nc2snc3ncccc23)ccc1O. The largest absolute Gasteiger partial charge is 0.506 e. The minimum absolute atomic E-state index is 0.0156. The summed E-state index contributed by atoms with van der Waals surface area (Å²) in [6, 6.07) is 8.33. The summed E-state index contributed by atoms with van der Waals surface area (Å²) in [5.41, 5.74) is 1.46. The number of hydrogen-bond acceptors (Lipinski definition) is 7. The van der Waals surface area contributed by atoms with Gasteiger partial charge in [0.05, 0.1) is 16.8 Å². The average Bonchev–Trinajstić information content (AvgIpc) is 2.98. The molecule has 0 aliphatic heterocycles. The lowest BCUT2D eigenvalue weighted by atomic mass is 10.2. The topological polar surface area (TPSA) is 99.8 Å². The molecule has 0 saturated heterocycles. The number of nitrogens with zero attached hydrogens (tertiary/aromatic N) is 4. The van der Waals surface area contributed by atoms with Crippen LogP contribution in [-0.2, 0) is 4.79 Å². The molecule has 8 heteroatoms. The molecule has 3 rings (SSSR count). The number of carbonyl (C=O) groups is 1. The van der Waals surface area contributed by atoms with Crippen LogP contribution in [0.3, 0.4) is 0 Å². The van der Waals surface area contributed by atoms with Crippen molar-refractivity contribution in [2.45, 2.75) is 13.3 Å². The Morgan fingerprint density at radius 3 is 3.04 bits per heavy atom. The standard InChI is InChI=1S/C15H13N5O2S/c1-2-13(22)17-11-8-9(5-6-12(11)21)18-19-15-10-4-3-7-16-14(10)20-23-15/h3-8,21H,2H2,1H3,(H,17,22). The van der Waals surface area contributed by atoms with Crippen LogP contribution in [0.25, 0.3) is 11.0 Å². The third-order valence-corrected chi connectivity index (χ3v) is 3.81. The van der Waals surface area contributed by atoms with E-state index in [4.69, 9.17) is 0 Å². The van der Waals surface area contributed by atoms with Crippen LogP contribution in [0.5, 0.6) is 5.75 Å². The normalized spacial score (nSPS) is 11.2. The van der Waals surface area contributed by atoms with Crippen LogP contribution >= 0.6 is 11.5 Å². The number of fused-ring (bicyclic) bond motifs is 1. The van der Waals surface area contributed by atoms with E-state index >= 15 is 0 Å². The number of anilines is 1. The summed E-state index contributed by atoms with van der Waals surface area (Å²) >= 11 is 1.21. The molecule has 0 unspecified atom stereocenters. The van der Waals surface area contributed by atoms with E-state index in [9.17, 15) is 9.90 Å². The Hall–Kier alpha value is -2.87. The predicted octanol–water partition coefficient (Wildman–Crippen LogP) is 4.16. The van der Waals surface area contributed by atoms with Crippen LogP contribution in [0.2, 0.25) is 0 Å². The average molecular weight is 327 g/mol. The van der Waals surface area contributed by atoms with Crippen LogP contribution in [0.4, 0.5) is 16.4 Å². The first-order chi connectivity index (χ1) is 11.2. The fourth-order valence-corrected chi connectivity index (χ4v) is 2.53. The van der Waals surface area contributed by atoms with Gasteiger partial charge in [-0.1, -0.05) is 6.92 Å². The lowest BCUT2D eigenvalue weighted by Gasteiger charge is -2.06. The summed E-state index contributed by atoms with van der Waals surface area (Å²) in [6.07, 6.45) is 2.00. The molecule has 2 aromatic heterocycles. The Morgan fingerprint density at radius 2 is 2.22 bits per heavy atom. The Bertz CT molecular complexity index is 890. The van der Waals surface area contributed by atoms with Crippen LogP contribution < -0.4 is 5.32 Å². The Kier molecular flexibility index (Phi) is 4.24. The number of benzene rings is 1. The number of phenolic OH excluding ortho intramolecular Hbond substituents is 1. The molecule has 1 aromatic carbocycles. The van der Waals surface area contributed by atoms with Gasteiger partial charge in [-0.25, -0.2) is 4.98 Å². The Balaban J connectivity index is 1.87. The second-order valence-electron chi connectivity index (χ2n) is 4.67. The molecule has 116 valence electrons. The van der Waals surface area contributed by atoms with Crippen molar-refractivity contribution in [3.8, 4) is 5.75 Å². The van der Waals surface area contributed by atoms with Gasteiger partial charge >= 0.3 is 0 Å². The van der Waals surface area contributed by atoms with Gasteiger partial charge in [0.15, 0.2) is 10.6 Å². The van der Waals surface area contributed by atoms with Gasteiger partial charge in [-0.3, -0.25) is 4.79 Å². The zero-order chi connectivity index (χ0) is 16.2.